The molecule has 0 aromatic carbocycles. The van der Waals surface area contributed by atoms with Gasteiger partial charge in [-0.1, -0.05) is 24.3 Å². The van der Waals surface area contributed by atoms with Crippen molar-refractivity contribution < 1.29 is 5.03 Å². The van der Waals surface area contributed by atoms with Crippen molar-refractivity contribution in [3.05, 3.63) is 22.0 Å². The number of allylic oxidation sites excluding steroid dienone is 1. The highest BCUT2D eigenvalue weighted by molar-refractivity contribution is 5.72. The summed E-state index contributed by atoms with van der Waals surface area (Å²) < 4.78 is 0. The number of rotatable bonds is 2. The van der Waals surface area contributed by atoms with Crippen LogP contribution in [0.1, 0.15) is 32.1 Å². The Hall–Kier alpha value is -1.59. The fourth-order valence-corrected chi connectivity index (χ4v) is 2.44. The van der Waals surface area contributed by atoms with E-state index in [0.29, 0.717) is 0 Å². The van der Waals surface area contributed by atoms with Crippen LogP contribution in [-0.2, 0) is 0 Å². The number of nitrogens with zero attached hydrogens (tertiary/aromatic N) is 3. The first-order valence-electron chi connectivity index (χ1n) is 5.62. The van der Waals surface area contributed by atoms with Crippen molar-refractivity contribution in [3.8, 4) is 0 Å². The summed E-state index contributed by atoms with van der Waals surface area (Å²) in [6, 6.07) is 0. The lowest BCUT2D eigenvalue weighted by atomic mass is 9.86. The first-order valence-corrected chi connectivity index (χ1v) is 5.62. The molecule has 1 unspecified atom stereocenters. The smallest absolute Gasteiger partial charge is 0.188 e. The van der Waals surface area contributed by atoms with E-state index in [4.69, 9.17) is 5.73 Å². The van der Waals surface area contributed by atoms with Crippen molar-refractivity contribution in [2.75, 3.05) is 0 Å². The van der Waals surface area contributed by atoms with Crippen LogP contribution >= 0.6 is 0 Å². The Morgan fingerprint density at radius 1 is 1.44 bits per heavy atom. The molecule has 2 rings (SSSR count). The third kappa shape index (κ3) is 2.00. The van der Waals surface area contributed by atoms with E-state index in [1.807, 2.05) is 0 Å². The topological polar surface area (TPSA) is 84.8 Å². The molecule has 0 amide bonds. The van der Waals surface area contributed by atoms with Crippen LogP contribution < -0.4 is 5.73 Å². The summed E-state index contributed by atoms with van der Waals surface area (Å²) in [4.78, 5) is 15.2. The average molecular weight is 224 g/mol. The fraction of sp³-hybridized carbons (Fsp3) is 0.700. The van der Waals surface area contributed by atoms with Gasteiger partial charge in [-0.05, 0) is 12.8 Å². The Bertz CT molecular complexity index is 334. The first kappa shape index (κ1) is 10.9. The zero-order valence-electron chi connectivity index (χ0n) is 9.08. The number of hydrazine groups is 1. The van der Waals surface area contributed by atoms with E-state index in [0.717, 1.165) is 30.7 Å². The number of hydrogen-bond donors (Lipinski definition) is 1. The normalized spacial score (nSPS) is 26.6. The van der Waals surface area contributed by atoms with Crippen LogP contribution in [0.25, 0.3) is 0 Å². The van der Waals surface area contributed by atoms with Gasteiger partial charge < -0.3 is 5.73 Å². The molecule has 0 saturated heterocycles. The molecule has 0 bridgehead atoms. The summed E-state index contributed by atoms with van der Waals surface area (Å²) >= 11 is 0. The Morgan fingerprint density at radius 3 is 2.75 bits per heavy atom. The number of hydrogen-bond acceptors (Lipinski definition) is 4. The lowest BCUT2D eigenvalue weighted by Gasteiger charge is -2.32. The maximum absolute atomic E-state index is 11.0. The number of aliphatic imine (C=N–C) groups is 1. The van der Waals surface area contributed by atoms with E-state index in [-0.39, 0.29) is 11.7 Å². The van der Waals surface area contributed by atoms with Crippen molar-refractivity contribution >= 4 is 6.21 Å². The second-order valence-corrected chi connectivity index (χ2v) is 4.28. The molecule has 2 N–H and O–H groups in total. The van der Waals surface area contributed by atoms with Crippen LogP contribution in [0.4, 0.5) is 0 Å². The van der Waals surface area contributed by atoms with Crippen molar-refractivity contribution in [3.63, 3.8) is 0 Å². The Kier molecular flexibility index (Phi) is 3.07. The minimum atomic E-state index is -0.457. The van der Waals surface area contributed by atoms with Gasteiger partial charge in [0.15, 0.2) is 17.0 Å². The van der Waals surface area contributed by atoms with Gasteiger partial charge in [0.05, 0.1) is 0 Å². The quantitative estimate of drug-likeness (QED) is 0.565. The highest BCUT2D eigenvalue weighted by atomic mass is 16.7. The van der Waals surface area contributed by atoms with Crippen LogP contribution in [0.15, 0.2) is 16.9 Å². The molecule has 88 valence electrons. The molecule has 1 aliphatic heterocycles. The molecular formula is C10H16N4O2. The molecule has 0 aromatic heterocycles. The third-order valence-electron chi connectivity index (χ3n) is 3.25. The molecule has 6 nitrogen and oxygen atoms in total. The van der Waals surface area contributed by atoms with E-state index in [1.54, 1.807) is 6.21 Å². The van der Waals surface area contributed by atoms with E-state index in [9.17, 15) is 10.1 Å². The Labute approximate surface area is 93.9 Å². The largest absolute Gasteiger partial charge is 0.381 e. The molecule has 0 radical (unpaired) electrons. The fourth-order valence-electron chi connectivity index (χ4n) is 2.44. The van der Waals surface area contributed by atoms with Crippen LogP contribution in [0.5, 0.6) is 0 Å². The minimum Gasteiger partial charge on any atom is -0.381 e. The van der Waals surface area contributed by atoms with Crippen molar-refractivity contribution in [2.24, 2.45) is 16.6 Å². The summed E-state index contributed by atoms with van der Waals surface area (Å²) in [6.45, 7) is 0. The lowest BCUT2D eigenvalue weighted by molar-refractivity contribution is -0.655. The average Bonchev–Trinajstić information content (AvgIpc) is 2.29. The van der Waals surface area contributed by atoms with Crippen LogP contribution in [0.2, 0.25) is 0 Å². The maximum Gasteiger partial charge on any atom is 0.188 e. The first-order chi connectivity index (χ1) is 7.70. The summed E-state index contributed by atoms with van der Waals surface area (Å²) in [5.74, 6) is 0.429. The molecule has 1 fully saturated rings. The van der Waals surface area contributed by atoms with Crippen molar-refractivity contribution in [2.45, 2.75) is 38.3 Å². The molecule has 16 heavy (non-hydrogen) atoms. The summed E-state index contributed by atoms with van der Waals surface area (Å²) in [5, 5.41) is 11.5. The molecular weight excluding hydrogens is 208 g/mol. The van der Waals surface area contributed by atoms with E-state index in [2.05, 4.69) is 4.99 Å². The van der Waals surface area contributed by atoms with Crippen LogP contribution in [0.3, 0.4) is 0 Å². The zero-order chi connectivity index (χ0) is 11.5. The molecule has 1 atom stereocenters. The zero-order valence-corrected chi connectivity index (χ0v) is 9.08. The third-order valence-corrected chi connectivity index (χ3v) is 3.25. The number of nitrogens with two attached hydrogens (primary N) is 1. The summed E-state index contributed by atoms with van der Waals surface area (Å²) in [6.07, 6.45) is 8.12. The molecule has 2 aliphatic rings. The van der Waals surface area contributed by atoms with E-state index < -0.39 is 11.2 Å². The standard InChI is InChI=1S/C10H16N4O2/c11-9-6-7-12-10(13(9)14(15)16)8-4-2-1-3-5-8/h6-8,10H,1-5,11H2. The van der Waals surface area contributed by atoms with E-state index >= 15 is 0 Å². The Balaban J connectivity index is 2.15. The minimum absolute atomic E-state index is 0.176. The van der Waals surface area contributed by atoms with Crippen LogP contribution in [0, 0.1) is 16.0 Å². The van der Waals surface area contributed by atoms with Gasteiger partial charge in [0.2, 0.25) is 0 Å². The highest BCUT2D eigenvalue weighted by Crippen LogP contribution is 2.31. The maximum atomic E-state index is 11.0. The van der Waals surface area contributed by atoms with Gasteiger partial charge in [-0.2, -0.15) is 0 Å². The highest BCUT2D eigenvalue weighted by Gasteiger charge is 2.37. The SMILES string of the molecule is NC1=CC=NC(C2CCCCC2)N1[N+](=O)[O-]. The van der Waals surface area contributed by atoms with Crippen molar-refractivity contribution in [1.82, 2.24) is 5.01 Å². The molecule has 1 aliphatic carbocycles. The Morgan fingerprint density at radius 2 is 2.12 bits per heavy atom. The second kappa shape index (κ2) is 4.51. The monoisotopic (exact) mass is 224 g/mol. The van der Waals surface area contributed by atoms with Gasteiger partial charge in [-0.3, -0.25) is 4.99 Å². The van der Waals surface area contributed by atoms with Crippen molar-refractivity contribution in [1.29, 1.82) is 0 Å². The predicted octanol–water partition coefficient (Wildman–Crippen LogP) is 1.27. The molecule has 1 saturated carbocycles. The number of nitro groups is 1. The van der Waals surface area contributed by atoms with Gasteiger partial charge in [0.1, 0.15) is 0 Å². The van der Waals surface area contributed by atoms with E-state index in [1.165, 1.54) is 12.5 Å². The van der Waals surface area contributed by atoms with Gasteiger partial charge in [0, 0.05) is 18.2 Å². The second-order valence-electron chi connectivity index (χ2n) is 4.28. The predicted molar refractivity (Wildman–Crippen MR) is 60.0 cm³/mol. The molecule has 1 heterocycles. The molecule has 0 aromatic rings. The summed E-state index contributed by atoms with van der Waals surface area (Å²) in [7, 11) is 0. The van der Waals surface area contributed by atoms with Gasteiger partial charge >= 0.3 is 0 Å². The lowest BCUT2D eigenvalue weighted by Crippen LogP contribution is -2.46. The van der Waals surface area contributed by atoms with Gasteiger partial charge in [0.25, 0.3) is 0 Å². The molecule has 6 heteroatoms. The van der Waals surface area contributed by atoms with Crippen LogP contribution in [-0.4, -0.2) is 22.4 Å². The van der Waals surface area contributed by atoms with Gasteiger partial charge in [-0.25, -0.2) is 10.1 Å². The molecule has 0 spiro atoms. The summed E-state index contributed by atoms with van der Waals surface area (Å²) in [5.41, 5.74) is 5.63. The van der Waals surface area contributed by atoms with Gasteiger partial charge in [-0.15, -0.1) is 0 Å².